The zero-order chi connectivity index (χ0) is 17.6. The number of hydrogen-bond acceptors (Lipinski definition) is 3. The van der Waals surface area contributed by atoms with E-state index in [0.717, 1.165) is 44.4 Å². The Kier molecular flexibility index (Phi) is 14.5. The highest BCUT2D eigenvalue weighted by molar-refractivity contribution is 7.47. The minimum Gasteiger partial charge on any atom is -0.302 e. The maximum atomic E-state index is 11.8. The third kappa shape index (κ3) is 15.4. The molecule has 0 aromatic carbocycles. The van der Waals surface area contributed by atoms with Crippen molar-refractivity contribution in [1.82, 2.24) is 0 Å². The fraction of sp³-hybridized carbons (Fsp3) is 1.00. The van der Waals surface area contributed by atoms with Crippen LogP contribution in [0.25, 0.3) is 0 Å². The standard InChI is InChI=1S/C18H39O4P/c1-5-7-8-12-15-21-23(19,20)22-16-18(6-2)14-11-9-10-13-17(3)4/h17-18H,5-16H2,1-4H3,(H,19,20). The molecule has 0 aromatic rings. The summed E-state index contributed by atoms with van der Waals surface area (Å²) in [5.41, 5.74) is 0. The fourth-order valence-electron chi connectivity index (χ4n) is 2.51. The van der Waals surface area contributed by atoms with Crippen molar-refractivity contribution in [2.45, 2.75) is 91.9 Å². The Labute approximate surface area is 144 Å². The molecule has 0 bridgehead atoms. The first kappa shape index (κ1) is 23.1. The van der Waals surface area contributed by atoms with E-state index in [4.69, 9.17) is 9.05 Å². The predicted octanol–water partition coefficient (Wildman–Crippen LogP) is 6.33. The van der Waals surface area contributed by atoms with Crippen molar-refractivity contribution >= 4 is 7.82 Å². The number of phosphoric ester groups is 1. The summed E-state index contributed by atoms with van der Waals surface area (Å²) in [6.45, 7) is 9.38. The third-order valence-electron chi connectivity index (χ3n) is 4.20. The molecule has 0 spiro atoms. The van der Waals surface area contributed by atoms with Crippen molar-refractivity contribution in [3.8, 4) is 0 Å². The van der Waals surface area contributed by atoms with E-state index >= 15 is 0 Å². The summed E-state index contributed by atoms with van der Waals surface area (Å²) in [6.07, 6.45) is 11.1. The van der Waals surface area contributed by atoms with Crippen LogP contribution in [0.15, 0.2) is 0 Å². The van der Waals surface area contributed by atoms with Crippen molar-refractivity contribution < 1.29 is 18.5 Å². The van der Waals surface area contributed by atoms with Crippen LogP contribution in [0.1, 0.15) is 91.9 Å². The number of phosphoric acid groups is 1. The van der Waals surface area contributed by atoms with Crippen molar-refractivity contribution in [3.05, 3.63) is 0 Å². The zero-order valence-corrected chi connectivity index (χ0v) is 16.7. The van der Waals surface area contributed by atoms with Gasteiger partial charge in [-0.2, -0.15) is 0 Å². The van der Waals surface area contributed by atoms with Gasteiger partial charge in [0.1, 0.15) is 0 Å². The van der Waals surface area contributed by atoms with Crippen LogP contribution in [0.5, 0.6) is 0 Å². The molecule has 0 saturated carbocycles. The molecule has 0 heterocycles. The normalized spacial score (nSPS) is 15.7. The molecule has 0 aromatic heterocycles. The first-order chi connectivity index (χ1) is 10.9. The van der Waals surface area contributed by atoms with Gasteiger partial charge in [0.2, 0.25) is 0 Å². The van der Waals surface area contributed by atoms with Crippen molar-refractivity contribution in [2.24, 2.45) is 11.8 Å². The van der Waals surface area contributed by atoms with Crippen LogP contribution in [0.3, 0.4) is 0 Å². The van der Waals surface area contributed by atoms with E-state index in [0.29, 0.717) is 19.1 Å². The van der Waals surface area contributed by atoms with Gasteiger partial charge in [0.15, 0.2) is 0 Å². The summed E-state index contributed by atoms with van der Waals surface area (Å²) < 4.78 is 22.0. The van der Waals surface area contributed by atoms with Crippen molar-refractivity contribution in [2.75, 3.05) is 13.2 Å². The second-order valence-corrected chi connectivity index (χ2v) is 8.42. The highest BCUT2D eigenvalue weighted by Crippen LogP contribution is 2.44. The summed E-state index contributed by atoms with van der Waals surface area (Å²) in [7, 11) is -3.87. The Morgan fingerprint density at radius 3 is 2.17 bits per heavy atom. The predicted molar refractivity (Wildman–Crippen MR) is 97.6 cm³/mol. The Hall–Kier alpha value is 0.110. The van der Waals surface area contributed by atoms with Crippen LogP contribution < -0.4 is 0 Å². The van der Waals surface area contributed by atoms with E-state index in [1.54, 1.807) is 0 Å². The fourth-order valence-corrected chi connectivity index (χ4v) is 3.35. The lowest BCUT2D eigenvalue weighted by Gasteiger charge is -2.18. The van der Waals surface area contributed by atoms with Crippen LogP contribution in [0, 0.1) is 11.8 Å². The molecule has 0 radical (unpaired) electrons. The average molecular weight is 350 g/mol. The molecule has 0 aliphatic heterocycles. The summed E-state index contributed by atoms with van der Waals surface area (Å²) >= 11 is 0. The largest absolute Gasteiger partial charge is 0.472 e. The summed E-state index contributed by atoms with van der Waals surface area (Å²) in [4.78, 5) is 9.70. The van der Waals surface area contributed by atoms with E-state index in [1.165, 1.54) is 25.7 Å². The molecule has 2 unspecified atom stereocenters. The van der Waals surface area contributed by atoms with Gasteiger partial charge in [-0.15, -0.1) is 0 Å². The number of hydrogen-bond donors (Lipinski definition) is 1. The molecule has 4 nitrogen and oxygen atoms in total. The molecule has 0 aliphatic carbocycles. The average Bonchev–Trinajstić information content (AvgIpc) is 2.49. The van der Waals surface area contributed by atoms with Gasteiger partial charge in [-0.05, 0) is 24.7 Å². The van der Waals surface area contributed by atoms with E-state index in [9.17, 15) is 9.46 Å². The van der Waals surface area contributed by atoms with Crippen LogP contribution in [-0.2, 0) is 13.6 Å². The van der Waals surface area contributed by atoms with Gasteiger partial charge in [-0.1, -0.05) is 79.1 Å². The molecule has 0 aliphatic rings. The SMILES string of the molecule is CCCCCCOP(=O)(O)OCC(CC)CCCCCC(C)C. The monoisotopic (exact) mass is 350 g/mol. The molecule has 23 heavy (non-hydrogen) atoms. The molecule has 5 heteroatoms. The molecule has 140 valence electrons. The van der Waals surface area contributed by atoms with Crippen LogP contribution >= 0.6 is 7.82 Å². The van der Waals surface area contributed by atoms with E-state index in [1.807, 2.05) is 0 Å². The Bertz CT molecular complexity index is 307. The van der Waals surface area contributed by atoms with Gasteiger partial charge < -0.3 is 4.89 Å². The van der Waals surface area contributed by atoms with Crippen LogP contribution in [0.4, 0.5) is 0 Å². The molecule has 0 saturated heterocycles. The lowest BCUT2D eigenvalue weighted by atomic mass is 9.98. The highest BCUT2D eigenvalue weighted by Gasteiger charge is 2.22. The minimum absolute atomic E-state index is 0.305. The van der Waals surface area contributed by atoms with E-state index in [-0.39, 0.29) is 0 Å². The Balaban J connectivity index is 3.79. The Morgan fingerprint density at radius 2 is 1.57 bits per heavy atom. The van der Waals surface area contributed by atoms with Crippen molar-refractivity contribution in [1.29, 1.82) is 0 Å². The van der Waals surface area contributed by atoms with Gasteiger partial charge in [0.05, 0.1) is 13.2 Å². The number of unbranched alkanes of at least 4 members (excludes halogenated alkanes) is 5. The van der Waals surface area contributed by atoms with Crippen LogP contribution in [0.2, 0.25) is 0 Å². The van der Waals surface area contributed by atoms with E-state index < -0.39 is 7.82 Å². The van der Waals surface area contributed by atoms with E-state index in [2.05, 4.69) is 27.7 Å². The Morgan fingerprint density at radius 1 is 0.913 bits per heavy atom. The second kappa shape index (κ2) is 14.5. The van der Waals surface area contributed by atoms with Crippen molar-refractivity contribution in [3.63, 3.8) is 0 Å². The topological polar surface area (TPSA) is 55.8 Å². The first-order valence-electron chi connectivity index (χ1n) is 9.53. The summed E-state index contributed by atoms with van der Waals surface area (Å²) in [6, 6.07) is 0. The molecule has 1 N–H and O–H groups in total. The highest BCUT2D eigenvalue weighted by atomic mass is 31.2. The maximum absolute atomic E-state index is 11.8. The molecular weight excluding hydrogens is 311 g/mol. The van der Waals surface area contributed by atoms with Crippen LogP contribution in [-0.4, -0.2) is 18.1 Å². The lowest BCUT2D eigenvalue weighted by molar-refractivity contribution is 0.125. The molecular formula is C18H39O4P. The quantitative estimate of drug-likeness (QED) is 0.261. The van der Waals surface area contributed by atoms with Gasteiger partial charge in [-0.3, -0.25) is 9.05 Å². The zero-order valence-electron chi connectivity index (χ0n) is 15.8. The van der Waals surface area contributed by atoms with Gasteiger partial charge in [0, 0.05) is 0 Å². The summed E-state index contributed by atoms with van der Waals surface area (Å²) in [5.74, 6) is 1.12. The molecule has 0 amide bonds. The molecule has 0 fully saturated rings. The smallest absolute Gasteiger partial charge is 0.302 e. The maximum Gasteiger partial charge on any atom is 0.472 e. The lowest BCUT2D eigenvalue weighted by Crippen LogP contribution is -2.09. The van der Waals surface area contributed by atoms with Gasteiger partial charge >= 0.3 is 7.82 Å². The van der Waals surface area contributed by atoms with Gasteiger partial charge in [0.25, 0.3) is 0 Å². The molecule has 0 rings (SSSR count). The summed E-state index contributed by atoms with van der Waals surface area (Å²) in [5, 5.41) is 0. The minimum atomic E-state index is -3.87. The molecule has 2 atom stereocenters. The number of rotatable bonds is 16. The second-order valence-electron chi connectivity index (χ2n) is 6.96. The first-order valence-corrected chi connectivity index (χ1v) is 11.0. The third-order valence-corrected chi connectivity index (χ3v) is 5.18. The van der Waals surface area contributed by atoms with Gasteiger partial charge in [-0.25, -0.2) is 4.57 Å².